The average molecular weight is 264 g/mol. The topological polar surface area (TPSA) is 29.3 Å². The molecule has 1 fully saturated rings. The molecular formula is C16H25FN2. The van der Waals surface area contributed by atoms with E-state index in [0.717, 1.165) is 30.8 Å². The van der Waals surface area contributed by atoms with Gasteiger partial charge in [-0.15, -0.1) is 0 Å². The van der Waals surface area contributed by atoms with Crippen molar-refractivity contribution in [3.05, 3.63) is 29.6 Å². The van der Waals surface area contributed by atoms with Gasteiger partial charge in [-0.1, -0.05) is 19.9 Å². The summed E-state index contributed by atoms with van der Waals surface area (Å²) >= 11 is 0. The monoisotopic (exact) mass is 264 g/mol. The Balaban J connectivity index is 2.20. The van der Waals surface area contributed by atoms with Crippen LogP contribution in [0.25, 0.3) is 0 Å². The Morgan fingerprint density at radius 1 is 1.37 bits per heavy atom. The predicted molar refractivity (Wildman–Crippen MR) is 78.8 cm³/mol. The third-order valence-corrected chi connectivity index (χ3v) is 4.78. The molecule has 1 atom stereocenters. The summed E-state index contributed by atoms with van der Waals surface area (Å²) in [5, 5.41) is 0. The van der Waals surface area contributed by atoms with E-state index in [9.17, 15) is 4.39 Å². The molecule has 0 bridgehead atoms. The van der Waals surface area contributed by atoms with Crippen molar-refractivity contribution in [3.63, 3.8) is 0 Å². The highest BCUT2D eigenvalue weighted by molar-refractivity contribution is 5.50. The van der Waals surface area contributed by atoms with Gasteiger partial charge in [-0.3, -0.25) is 0 Å². The van der Waals surface area contributed by atoms with Crippen LogP contribution in [0.2, 0.25) is 0 Å². The molecule has 3 heteroatoms. The molecule has 1 aliphatic rings. The van der Waals surface area contributed by atoms with Crippen molar-refractivity contribution in [1.29, 1.82) is 0 Å². The highest BCUT2D eigenvalue weighted by Crippen LogP contribution is 2.39. The van der Waals surface area contributed by atoms with Gasteiger partial charge in [-0.25, -0.2) is 4.39 Å². The first-order valence-corrected chi connectivity index (χ1v) is 7.31. The Hall–Kier alpha value is -1.09. The van der Waals surface area contributed by atoms with Crippen LogP contribution in [-0.4, -0.2) is 13.1 Å². The molecule has 0 saturated carbocycles. The molecule has 0 aliphatic carbocycles. The standard InChI is InChI=1S/C16H25FN2/c1-4-16(5-2)8-9-19(11-16)15-7-6-13(12(3)18)10-14(15)17/h6-7,10,12H,4-5,8-9,11,18H2,1-3H3/t12-/m0/s1. The fraction of sp³-hybridized carbons (Fsp3) is 0.625. The van der Waals surface area contributed by atoms with Crippen molar-refractivity contribution in [2.75, 3.05) is 18.0 Å². The lowest BCUT2D eigenvalue weighted by molar-refractivity contribution is 0.301. The maximum absolute atomic E-state index is 14.2. The summed E-state index contributed by atoms with van der Waals surface area (Å²) < 4.78 is 14.2. The molecule has 0 aromatic heterocycles. The van der Waals surface area contributed by atoms with E-state index in [0.29, 0.717) is 5.41 Å². The minimum atomic E-state index is -0.141. The number of nitrogens with two attached hydrogens (primary N) is 1. The highest BCUT2D eigenvalue weighted by Gasteiger charge is 2.35. The van der Waals surface area contributed by atoms with Gasteiger partial charge in [0.05, 0.1) is 5.69 Å². The second-order valence-corrected chi connectivity index (χ2v) is 5.88. The largest absolute Gasteiger partial charge is 0.369 e. The first-order chi connectivity index (χ1) is 9.01. The van der Waals surface area contributed by atoms with Crippen LogP contribution in [-0.2, 0) is 0 Å². The molecule has 2 N–H and O–H groups in total. The lowest BCUT2D eigenvalue weighted by Gasteiger charge is -2.27. The minimum absolute atomic E-state index is 0.118. The Morgan fingerprint density at radius 2 is 2.05 bits per heavy atom. The molecule has 1 heterocycles. The lowest BCUT2D eigenvalue weighted by atomic mass is 9.82. The van der Waals surface area contributed by atoms with Gasteiger partial charge < -0.3 is 10.6 Å². The SMILES string of the molecule is CCC1(CC)CCN(c2ccc([C@H](C)N)cc2F)C1. The Kier molecular flexibility index (Phi) is 4.14. The van der Waals surface area contributed by atoms with E-state index < -0.39 is 0 Å². The molecule has 2 rings (SSSR count). The van der Waals surface area contributed by atoms with Gasteiger partial charge in [0, 0.05) is 19.1 Å². The fourth-order valence-corrected chi connectivity index (χ4v) is 3.03. The smallest absolute Gasteiger partial charge is 0.146 e. The normalized spacial score (nSPS) is 19.7. The summed E-state index contributed by atoms with van der Waals surface area (Å²) in [5.41, 5.74) is 7.75. The molecule has 1 aromatic carbocycles. The van der Waals surface area contributed by atoms with Gasteiger partial charge >= 0.3 is 0 Å². The molecule has 0 spiro atoms. The number of anilines is 1. The summed E-state index contributed by atoms with van der Waals surface area (Å²) in [6, 6.07) is 5.29. The van der Waals surface area contributed by atoms with Crippen molar-refractivity contribution in [1.82, 2.24) is 0 Å². The summed E-state index contributed by atoms with van der Waals surface area (Å²) in [7, 11) is 0. The Bertz CT molecular complexity index is 438. The molecule has 0 amide bonds. The molecule has 0 radical (unpaired) electrons. The van der Waals surface area contributed by atoms with Crippen LogP contribution in [0.15, 0.2) is 18.2 Å². The number of hydrogen-bond donors (Lipinski definition) is 1. The average Bonchev–Trinajstić information content (AvgIpc) is 2.83. The maximum atomic E-state index is 14.2. The van der Waals surface area contributed by atoms with Crippen LogP contribution in [0.4, 0.5) is 10.1 Å². The van der Waals surface area contributed by atoms with E-state index in [1.54, 1.807) is 6.07 Å². The first kappa shape index (κ1) is 14.3. The highest BCUT2D eigenvalue weighted by atomic mass is 19.1. The van der Waals surface area contributed by atoms with Crippen molar-refractivity contribution in [2.24, 2.45) is 11.1 Å². The zero-order valence-corrected chi connectivity index (χ0v) is 12.2. The molecule has 1 aromatic rings. The zero-order valence-electron chi connectivity index (χ0n) is 12.2. The number of benzene rings is 1. The van der Waals surface area contributed by atoms with Gasteiger partial charge in [-0.2, -0.15) is 0 Å². The Labute approximate surface area is 115 Å². The third-order valence-electron chi connectivity index (χ3n) is 4.78. The number of halogens is 1. The van der Waals surface area contributed by atoms with Crippen molar-refractivity contribution < 1.29 is 4.39 Å². The molecule has 0 unspecified atom stereocenters. The van der Waals surface area contributed by atoms with Crippen molar-refractivity contribution >= 4 is 5.69 Å². The van der Waals surface area contributed by atoms with Crippen LogP contribution in [0.3, 0.4) is 0 Å². The van der Waals surface area contributed by atoms with E-state index in [1.165, 1.54) is 12.8 Å². The van der Waals surface area contributed by atoms with E-state index in [4.69, 9.17) is 5.73 Å². The summed E-state index contributed by atoms with van der Waals surface area (Å²) in [4.78, 5) is 2.19. The molecule has 1 aliphatic heterocycles. The molecule has 106 valence electrons. The van der Waals surface area contributed by atoms with Gasteiger partial charge in [0.1, 0.15) is 5.82 Å². The van der Waals surface area contributed by atoms with Crippen molar-refractivity contribution in [3.8, 4) is 0 Å². The van der Waals surface area contributed by atoms with Crippen LogP contribution in [0, 0.1) is 11.2 Å². The lowest BCUT2D eigenvalue weighted by Crippen LogP contribution is -2.26. The van der Waals surface area contributed by atoms with Crippen LogP contribution in [0.1, 0.15) is 51.6 Å². The summed E-state index contributed by atoms with van der Waals surface area (Å²) in [5.74, 6) is -0.141. The van der Waals surface area contributed by atoms with Gasteiger partial charge in [0.2, 0.25) is 0 Å². The zero-order chi connectivity index (χ0) is 14.0. The van der Waals surface area contributed by atoms with Gasteiger partial charge in [-0.05, 0) is 49.3 Å². The molecule has 19 heavy (non-hydrogen) atoms. The predicted octanol–water partition coefficient (Wildman–Crippen LogP) is 3.86. The van der Waals surface area contributed by atoms with Crippen molar-refractivity contribution in [2.45, 2.75) is 46.1 Å². The minimum Gasteiger partial charge on any atom is -0.369 e. The Morgan fingerprint density at radius 3 is 2.53 bits per heavy atom. The van der Waals surface area contributed by atoms with Gasteiger partial charge in [0.25, 0.3) is 0 Å². The molecule has 2 nitrogen and oxygen atoms in total. The molecular weight excluding hydrogens is 239 g/mol. The number of hydrogen-bond acceptors (Lipinski definition) is 2. The second kappa shape index (κ2) is 5.49. The number of rotatable bonds is 4. The van der Waals surface area contributed by atoms with E-state index in [2.05, 4.69) is 18.7 Å². The van der Waals surface area contributed by atoms with Crippen LogP contribution >= 0.6 is 0 Å². The quantitative estimate of drug-likeness (QED) is 0.894. The summed E-state index contributed by atoms with van der Waals surface area (Å²) in [6.07, 6.45) is 3.49. The molecule has 1 saturated heterocycles. The van der Waals surface area contributed by atoms with Crippen LogP contribution < -0.4 is 10.6 Å². The van der Waals surface area contributed by atoms with E-state index in [-0.39, 0.29) is 11.9 Å². The fourth-order valence-electron chi connectivity index (χ4n) is 3.03. The van der Waals surface area contributed by atoms with E-state index >= 15 is 0 Å². The van der Waals surface area contributed by atoms with E-state index in [1.807, 2.05) is 19.1 Å². The summed E-state index contributed by atoms with van der Waals surface area (Å²) in [6.45, 7) is 8.28. The van der Waals surface area contributed by atoms with Crippen LogP contribution in [0.5, 0.6) is 0 Å². The van der Waals surface area contributed by atoms with Gasteiger partial charge in [0.15, 0.2) is 0 Å². The number of nitrogens with zero attached hydrogens (tertiary/aromatic N) is 1. The first-order valence-electron chi connectivity index (χ1n) is 7.31. The second-order valence-electron chi connectivity index (χ2n) is 5.88. The maximum Gasteiger partial charge on any atom is 0.146 e. The third kappa shape index (κ3) is 2.76.